The van der Waals surface area contributed by atoms with Crippen LogP contribution < -0.4 is 5.32 Å². The van der Waals surface area contributed by atoms with Gasteiger partial charge in [0.15, 0.2) is 0 Å². The zero-order valence-electron chi connectivity index (χ0n) is 11.8. The van der Waals surface area contributed by atoms with Gasteiger partial charge in [-0.05, 0) is 37.0 Å². The number of hydrogen-bond acceptors (Lipinski definition) is 4. The smallest absolute Gasteiger partial charge is 0.327 e. The van der Waals surface area contributed by atoms with E-state index < -0.39 is 6.04 Å². The van der Waals surface area contributed by atoms with Crippen LogP contribution >= 0.6 is 15.9 Å². The molecule has 4 nitrogen and oxygen atoms in total. The quantitative estimate of drug-likeness (QED) is 0.836. The number of nitrogens with one attached hydrogen (secondary N) is 1. The van der Waals surface area contributed by atoms with Crippen molar-refractivity contribution in [2.45, 2.75) is 31.9 Å². The SMILES string of the molecule is COC(=O)C(NCC1CCCO1)c1ccc(Br)c(C)c1. The molecule has 110 valence electrons. The molecule has 0 amide bonds. The van der Waals surface area contributed by atoms with Gasteiger partial charge in [-0.25, -0.2) is 4.79 Å². The Labute approximate surface area is 128 Å². The summed E-state index contributed by atoms with van der Waals surface area (Å²) >= 11 is 3.47. The fraction of sp³-hybridized carbons (Fsp3) is 0.533. The number of rotatable bonds is 5. The second-order valence-corrected chi connectivity index (χ2v) is 5.86. The molecule has 1 aliphatic rings. The van der Waals surface area contributed by atoms with Crippen molar-refractivity contribution >= 4 is 21.9 Å². The van der Waals surface area contributed by atoms with E-state index in [2.05, 4.69) is 21.2 Å². The Morgan fingerprint density at radius 3 is 3.00 bits per heavy atom. The molecule has 0 radical (unpaired) electrons. The van der Waals surface area contributed by atoms with Gasteiger partial charge < -0.3 is 9.47 Å². The fourth-order valence-corrected chi connectivity index (χ4v) is 2.60. The third kappa shape index (κ3) is 3.81. The van der Waals surface area contributed by atoms with Gasteiger partial charge in [0.1, 0.15) is 6.04 Å². The molecule has 1 heterocycles. The van der Waals surface area contributed by atoms with Crippen LogP contribution in [-0.2, 0) is 14.3 Å². The number of carbonyl (C=O) groups is 1. The summed E-state index contributed by atoms with van der Waals surface area (Å²) in [5.74, 6) is -0.273. The van der Waals surface area contributed by atoms with Gasteiger partial charge in [-0.2, -0.15) is 0 Å². The number of benzene rings is 1. The van der Waals surface area contributed by atoms with E-state index in [0.717, 1.165) is 35.0 Å². The summed E-state index contributed by atoms with van der Waals surface area (Å²) in [7, 11) is 1.41. The summed E-state index contributed by atoms with van der Waals surface area (Å²) in [6.07, 6.45) is 2.33. The van der Waals surface area contributed by atoms with Crippen LogP contribution in [0.5, 0.6) is 0 Å². The molecule has 1 aliphatic heterocycles. The van der Waals surface area contributed by atoms with Gasteiger partial charge in [0, 0.05) is 17.6 Å². The van der Waals surface area contributed by atoms with Crippen LogP contribution in [0.15, 0.2) is 22.7 Å². The lowest BCUT2D eigenvalue weighted by molar-refractivity contribution is -0.143. The van der Waals surface area contributed by atoms with Gasteiger partial charge in [0.2, 0.25) is 0 Å². The second-order valence-electron chi connectivity index (χ2n) is 5.01. The van der Waals surface area contributed by atoms with Crippen LogP contribution in [0, 0.1) is 6.92 Å². The van der Waals surface area contributed by atoms with Crippen molar-refractivity contribution in [3.63, 3.8) is 0 Å². The highest BCUT2D eigenvalue weighted by Gasteiger charge is 2.24. The fourth-order valence-electron chi connectivity index (χ4n) is 2.36. The predicted molar refractivity (Wildman–Crippen MR) is 80.6 cm³/mol. The monoisotopic (exact) mass is 341 g/mol. The van der Waals surface area contributed by atoms with Crippen LogP contribution in [0.4, 0.5) is 0 Å². The molecule has 2 atom stereocenters. The van der Waals surface area contributed by atoms with Crippen molar-refractivity contribution in [1.29, 1.82) is 0 Å². The number of aryl methyl sites for hydroxylation is 1. The standard InChI is InChI=1S/C15H20BrNO3/c1-10-8-11(5-6-13(10)16)14(15(18)19-2)17-9-12-4-3-7-20-12/h5-6,8,12,14,17H,3-4,7,9H2,1-2H3. The molecule has 5 heteroatoms. The topological polar surface area (TPSA) is 47.6 Å². The van der Waals surface area contributed by atoms with E-state index in [-0.39, 0.29) is 12.1 Å². The summed E-state index contributed by atoms with van der Waals surface area (Å²) in [5, 5.41) is 3.26. The number of methoxy groups -OCH3 is 1. The van der Waals surface area contributed by atoms with Crippen molar-refractivity contribution in [2.75, 3.05) is 20.3 Å². The Morgan fingerprint density at radius 2 is 2.40 bits per heavy atom. The first-order chi connectivity index (χ1) is 9.61. The molecular formula is C15H20BrNO3. The van der Waals surface area contributed by atoms with E-state index >= 15 is 0 Å². The molecule has 1 aromatic rings. The molecule has 0 spiro atoms. The highest BCUT2D eigenvalue weighted by Crippen LogP contribution is 2.22. The number of hydrogen-bond donors (Lipinski definition) is 1. The number of carbonyl (C=O) groups excluding carboxylic acids is 1. The van der Waals surface area contributed by atoms with Crippen molar-refractivity contribution in [2.24, 2.45) is 0 Å². The van der Waals surface area contributed by atoms with E-state index in [1.165, 1.54) is 7.11 Å². The second kappa shape index (κ2) is 7.20. The predicted octanol–water partition coefficient (Wildman–Crippen LogP) is 2.74. The van der Waals surface area contributed by atoms with E-state index in [1.54, 1.807) is 0 Å². The van der Waals surface area contributed by atoms with Gasteiger partial charge in [0.25, 0.3) is 0 Å². The number of esters is 1. The maximum Gasteiger partial charge on any atom is 0.327 e. The summed E-state index contributed by atoms with van der Waals surface area (Å²) in [4.78, 5) is 12.0. The molecule has 0 aliphatic carbocycles. The highest BCUT2D eigenvalue weighted by atomic mass is 79.9. The van der Waals surface area contributed by atoms with Crippen molar-refractivity contribution in [1.82, 2.24) is 5.32 Å². The van der Waals surface area contributed by atoms with Gasteiger partial charge in [-0.1, -0.05) is 28.1 Å². The molecule has 2 rings (SSSR count). The molecule has 0 saturated carbocycles. The van der Waals surface area contributed by atoms with Gasteiger partial charge in [-0.3, -0.25) is 5.32 Å². The van der Waals surface area contributed by atoms with Crippen LogP contribution in [0.2, 0.25) is 0 Å². The average Bonchev–Trinajstić information content (AvgIpc) is 2.95. The zero-order chi connectivity index (χ0) is 14.5. The molecule has 0 bridgehead atoms. The van der Waals surface area contributed by atoms with Gasteiger partial charge in [0.05, 0.1) is 13.2 Å². The Kier molecular flexibility index (Phi) is 5.57. The van der Waals surface area contributed by atoms with Crippen LogP contribution in [0.25, 0.3) is 0 Å². The van der Waals surface area contributed by atoms with Gasteiger partial charge >= 0.3 is 5.97 Å². The first-order valence-electron chi connectivity index (χ1n) is 6.80. The summed E-state index contributed by atoms with van der Waals surface area (Å²) in [6.45, 7) is 3.48. The zero-order valence-corrected chi connectivity index (χ0v) is 13.4. The minimum absolute atomic E-state index is 0.193. The van der Waals surface area contributed by atoms with Crippen molar-refractivity contribution in [3.8, 4) is 0 Å². The Morgan fingerprint density at radius 1 is 1.60 bits per heavy atom. The van der Waals surface area contributed by atoms with E-state index in [4.69, 9.17) is 9.47 Å². The van der Waals surface area contributed by atoms with Crippen LogP contribution in [0.1, 0.15) is 30.0 Å². The Hall–Kier alpha value is -0.910. The largest absolute Gasteiger partial charge is 0.468 e. The third-order valence-corrected chi connectivity index (χ3v) is 4.42. The van der Waals surface area contributed by atoms with E-state index in [0.29, 0.717) is 6.54 Å². The molecule has 2 unspecified atom stereocenters. The first kappa shape index (κ1) is 15.5. The Balaban J connectivity index is 2.09. The molecule has 1 N–H and O–H groups in total. The van der Waals surface area contributed by atoms with E-state index in [1.807, 2.05) is 25.1 Å². The minimum Gasteiger partial charge on any atom is -0.468 e. The summed E-state index contributed by atoms with van der Waals surface area (Å²) < 4.78 is 11.5. The minimum atomic E-state index is -0.448. The Bertz CT molecular complexity index is 472. The maximum atomic E-state index is 12.0. The highest BCUT2D eigenvalue weighted by molar-refractivity contribution is 9.10. The lowest BCUT2D eigenvalue weighted by Gasteiger charge is -2.19. The molecule has 1 aromatic carbocycles. The number of halogens is 1. The maximum absolute atomic E-state index is 12.0. The third-order valence-electron chi connectivity index (χ3n) is 3.53. The van der Waals surface area contributed by atoms with Crippen LogP contribution in [-0.4, -0.2) is 32.3 Å². The van der Waals surface area contributed by atoms with Crippen LogP contribution in [0.3, 0.4) is 0 Å². The number of ether oxygens (including phenoxy) is 2. The first-order valence-corrected chi connectivity index (χ1v) is 7.60. The average molecular weight is 342 g/mol. The molecule has 0 aromatic heterocycles. The lowest BCUT2D eigenvalue weighted by Crippen LogP contribution is -2.35. The summed E-state index contributed by atoms with van der Waals surface area (Å²) in [5.41, 5.74) is 2.01. The molecule has 1 fully saturated rings. The molecular weight excluding hydrogens is 322 g/mol. The normalized spacial score (nSPS) is 19.9. The van der Waals surface area contributed by atoms with Crippen molar-refractivity contribution < 1.29 is 14.3 Å². The lowest BCUT2D eigenvalue weighted by atomic mass is 10.0. The molecule has 20 heavy (non-hydrogen) atoms. The van der Waals surface area contributed by atoms with Crippen molar-refractivity contribution in [3.05, 3.63) is 33.8 Å². The molecule has 1 saturated heterocycles. The van der Waals surface area contributed by atoms with Gasteiger partial charge in [-0.15, -0.1) is 0 Å². The van der Waals surface area contributed by atoms with E-state index in [9.17, 15) is 4.79 Å². The summed E-state index contributed by atoms with van der Waals surface area (Å²) in [6, 6.07) is 5.43.